The number of hydrogen-bond donors (Lipinski definition) is 0. The highest BCUT2D eigenvalue weighted by Gasteiger charge is 2.11. The molecule has 5 heteroatoms. The maximum absolute atomic E-state index is 11.5. The van der Waals surface area contributed by atoms with Crippen LogP contribution >= 0.6 is 15.9 Å². The molecule has 1 heterocycles. The topological polar surface area (TPSA) is 58.9 Å². The fourth-order valence-corrected chi connectivity index (χ4v) is 1.68. The molecule has 0 saturated carbocycles. The molecule has 0 amide bonds. The lowest BCUT2D eigenvalue weighted by Gasteiger charge is -2.00. The Kier molecular flexibility index (Phi) is 2.60. The number of nitrogens with zero attached hydrogens (tertiary/aromatic N) is 2. The summed E-state index contributed by atoms with van der Waals surface area (Å²) in [6.45, 7) is 0.284. The molecule has 1 aromatic heterocycles. The van der Waals surface area contributed by atoms with Gasteiger partial charge in [0.05, 0.1) is 18.1 Å². The number of aromatic nitrogens is 1. The summed E-state index contributed by atoms with van der Waals surface area (Å²) in [6.07, 6.45) is 0. The van der Waals surface area contributed by atoms with Crippen molar-refractivity contribution in [3.63, 3.8) is 0 Å². The molecule has 76 valence electrons. The minimum absolute atomic E-state index is 0.284. The second-order valence-electron chi connectivity index (χ2n) is 3.04. The molecular formula is C10H7BrN2O2. The van der Waals surface area contributed by atoms with E-state index in [-0.39, 0.29) is 6.54 Å². The van der Waals surface area contributed by atoms with E-state index in [2.05, 4.69) is 15.9 Å². The molecule has 2 aromatic rings. The summed E-state index contributed by atoms with van der Waals surface area (Å²) in [4.78, 5) is 11.1. The van der Waals surface area contributed by atoms with E-state index in [4.69, 9.17) is 9.68 Å². The van der Waals surface area contributed by atoms with Crippen molar-refractivity contribution >= 4 is 27.0 Å². The number of hydrogen-bond acceptors (Lipinski definition) is 3. The van der Waals surface area contributed by atoms with Crippen molar-refractivity contribution in [3.8, 4) is 6.07 Å². The van der Waals surface area contributed by atoms with Crippen molar-refractivity contribution in [1.82, 2.24) is 4.57 Å². The maximum atomic E-state index is 11.5. The van der Waals surface area contributed by atoms with Crippen LogP contribution in [0, 0.1) is 11.3 Å². The fourth-order valence-electron chi connectivity index (χ4n) is 1.39. The van der Waals surface area contributed by atoms with Crippen LogP contribution in [0.4, 0.5) is 0 Å². The maximum Gasteiger partial charge on any atom is 0.420 e. The molecule has 0 spiro atoms. The van der Waals surface area contributed by atoms with E-state index < -0.39 is 10.6 Å². The van der Waals surface area contributed by atoms with Gasteiger partial charge in [-0.1, -0.05) is 28.1 Å². The predicted molar refractivity (Wildman–Crippen MR) is 58.8 cm³/mol. The van der Waals surface area contributed by atoms with Crippen LogP contribution in [-0.2, 0) is 6.54 Å². The van der Waals surface area contributed by atoms with Gasteiger partial charge in [0, 0.05) is 0 Å². The van der Waals surface area contributed by atoms with Crippen molar-refractivity contribution < 1.29 is 4.42 Å². The Labute approximate surface area is 93.9 Å². The van der Waals surface area contributed by atoms with Gasteiger partial charge in [0.2, 0.25) is 0 Å². The zero-order valence-electron chi connectivity index (χ0n) is 7.68. The van der Waals surface area contributed by atoms with Crippen LogP contribution in [0.2, 0.25) is 0 Å². The number of para-hydroxylation sites is 2. The van der Waals surface area contributed by atoms with E-state index in [9.17, 15) is 4.79 Å². The number of halogens is 1. The van der Waals surface area contributed by atoms with Gasteiger partial charge in [-0.05, 0) is 12.1 Å². The Morgan fingerprint density at radius 1 is 1.53 bits per heavy atom. The lowest BCUT2D eigenvalue weighted by Crippen LogP contribution is -2.19. The van der Waals surface area contributed by atoms with Crippen LogP contribution in [0.15, 0.2) is 33.5 Å². The Balaban J connectivity index is 2.55. The van der Waals surface area contributed by atoms with E-state index in [1.165, 1.54) is 4.57 Å². The molecular weight excluding hydrogens is 260 g/mol. The number of fused-ring (bicyclic) bond motifs is 1. The molecule has 2 rings (SSSR count). The third-order valence-electron chi connectivity index (χ3n) is 2.06. The summed E-state index contributed by atoms with van der Waals surface area (Å²) < 4.78 is 6.46. The molecule has 1 atom stereocenters. The molecule has 15 heavy (non-hydrogen) atoms. The SMILES string of the molecule is N#CC(Br)Cn1c(=O)oc2ccccc21. The summed E-state index contributed by atoms with van der Waals surface area (Å²) in [5.41, 5.74) is 1.25. The fraction of sp³-hybridized carbons (Fsp3) is 0.200. The highest BCUT2D eigenvalue weighted by atomic mass is 79.9. The number of nitriles is 1. The molecule has 0 aliphatic carbocycles. The zero-order chi connectivity index (χ0) is 10.8. The molecule has 0 bridgehead atoms. The van der Waals surface area contributed by atoms with Gasteiger partial charge in [-0.15, -0.1) is 0 Å². The number of benzene rings is 1. The van der Waals surface area contributed by atoms with E-state index in [0.29, 0.717) is 11.1 Å². The Bertz CT molecular complexity index is 579. The molecule has 0 aliphatic heterocycles. The quantitative estimate of drug-likeness (QED) is 0.780. The third kappa shape index (κ3) is 1.81. The Morgan fingerprint density at radius 3 is 3.00 bits per heavy atom. The summed E-state index contributed by atoms with van der Waals surface area (Å²) in [5.74, 6) is -0.434. The van der Waals surface area contributed by atoms with Gasteiger partial charge in [-0.25, -0.2) is 4.79 Å². The minimum Gasteiger partial charge on any atom is -0.408 e. The largest absolute Gasteiger partial charge is 0.420 e. The average Bonchev–Trinajstić information content (AvgIpc) is 2.55. The highest BCUT2D eigenvalue weighted by Crippen LogP contribution is 2.13. The minimum atomic E-state index is -0.434. The molecule has 0 saturated heterocycles. The van der Waals surface area contributed by atoms with E-state index in [1.807, 2.05) is 12.1 Å². The van der Waals surface area contributed by atoms with Crippen molar-refractivity contribution in [2.75, 3.05) is 0 Å². The van der Waals surface area contributed by atoms with Crippen molar-refractivity contribution in [1.29, 1.82) is 5.26 Å². The molecule has 0 fully saturated rings. The number of alkyl halides is 1. The molecule has 1 aromatic carbocycles. The first-order valence-electron chi connectivity index (χ1n) is 4.34. The monoisotopic (exact) mass is 266 g/mol. The third-order valence-corrected chi connectivity index (χ3v) is 2.55. The van der Waals surface area contributed by atoms with Crippen LogP contribution in [-0.4, -0.2) is 9.39 Å². The van der Waals surface area contributed by atoms with Gasteiger partial charge in [-0.2, -0.15) is 5.26 Å². The second kappa shape index (κ2) is 3.91. The van der Waals surface area contributed by atoms with Gasteiger partial charge in [0.15, 0.2) is 5.58 Å². The first-order chi connectivity index (χ1) is 7.22. The van der Waals surface area contributed by atoms with E-state index >= 15 is 0 Å². The molecule has 0 radical (unpaired) electrons. The van der Waals surface area contributed by atoms with Crippen LogP contribution in [0.5, 0.6) is 0 Å². The van der Waals surface area contributed by atoms with Crippen LogP contribution < -0.4 is 5.76 Å². The average molecular weight is 267 g/mol. The molecule has 0 aliphatic rings. The van der Waals surface area contributed by atoms with Crippen molar-refractivity contribution in [3.05, 3.63) is 34.8 Å². The lowest BCUT2D eigenvalue weighted by atomic mass is 10.3. The first-order valence-corrected chi connectivity index (χ1v) is 5.26. The standard InChI is InChI=1S/C10H7BrN2O2/c11-7(5-12)6-13-8-3-1-2-4-9(8)15-10(13)14/h1-4,7H,6H2. The summed E-state index contributed by atoms with van der Waals surface area (Å²) >= 11 is 3.16. The normalized spacial score (nSPS) is 12.5. The smallest absolute Gasteiger partial charge is 0.408 e. The Hall–Kier alpha value is -1.54. The van der Waals surface area contributed by atoms with Gasteiger partial charge >= 0.3 is 5.76 Å². The number of rotatable bonds is 2. The Morgan fingerprint density at radius 2 is 2.27 bits per heavy atom. The van der Waals surface area contributed by atoms with Crippen LogP contribution in [0.1, 0.15) is 0 Å². The number of oxazole rings is 1. The van der Waals surface area contributed by atoms with Crippen molar-refractivity contribution in [2.45, 2.75) is 11.4 Å². The van der Waals surface area contributed by atoms with Crippen LogP contribution in [0.25, 0.3) is 11.1 Å². The zero-order valence-corrected chi connectivity index (χ0v) is 9.27. The highest BCUT2D eigenvalue weighted by molar-refractivity contribution is 9.09. The van der Waals surface area contributed by atoms with Gasteiger partial charge < -0.3 is 4.42 Å². The summed E-state index contributed by atoms with van der Waals surface area (Å²) in [6, 6.07) is 9.14. The summed E-state index contributed by atoms with van der Waals surface area (Å²) in [7, 11) is 0. The van der Waals surface area contributed by atoms with Gasteiger partial charge in [0.1, 0.15) is 4.83 Å². The van der Waals surface area contributed by atoms with Crippen molar-refractivity contribution in [2.24, 2.45) is 0 Å². The lowest BCUT2D eigenvalue weighted by molar-refractivity contribution is 0.510. The van der Waals surface area contributed by atoms with Gasteiger partial charge in [-0.3, -0.25) is 4.57 Å². The predicted octanol–water partition coefficient (Wildman–Crippen LogP) is 1.88. The van der Waals surface area contributed by atoms with E-state index in [1.54, 1.807) is 18.2 Å². The van der Waals surface area contributed by atoms with E-state index in [0.717, 1.165) is 0 Å². The molecule has 0 N–H and O–H groups in total. The first kappa shape index (κ1) is 9.99. The van der Waals surface area contributed by atoms with Gasteiger partial charge in [0.25, 0.3) is 0 Å². The molecule has 4 nitrogen and oxygen atoms in total. The second-order valence-corrected chi connectivity index (χ2v) is 4.15. The van der Waals surface area contributed by atoms with Crippen LogP contribution in [0.3, 0.4) is 0 Å². The molecule has 1 unspecified atom stereocenters. The summed E-state index contributed by atoms with van der Waals surface area (Å²) in [5, 5.41) is 8.65.